The Bertz CT molecular complexity index is 342. The van der Waals surface area contributed by atoms with Gasteiger partial charge < -0.3 is 18.0 Å². The van der Waals surface area contributed by atoms with Gasteiger partial charge in [0.25, 0.3) is 0 Å². The van der Waals surface area contributed by atoms with Crippen LogP contribution in [0.25, 0.3) is 0 Å². The lowest BCUT2D eigenvalue weighted by atomic mass is 10.3. The number of nitrogens with zero attached hydrogens (tertiary/aromatic N) is 3. The fourth-order valence-corrected chi connectivity index (χ4v) is 1.88. The van der Waals surface area contributed by atoms with E-state index in [2.05, 4.69) is 15.5 Å². The van der Waals surface area contributed by atoms with Gasteiger partial charge in [0.15, 0.2) is 0 Å². The average Bonchev–Trinajstić information content (AvgIpc) is 2.53. The lowest BCUT2D eigenvalue weighted by Crippen LogP contribution is -2.45. The highest BCUT2D eigenvalue weighted by Gasteiger charge is 2.57. The highest BCUT2D eigenvalue weighted by Crippen LogP contribution is 2.14. The quantitative estimate of drug-likeness (QED) is 0.351. The van der Waals surface area contributed by atoms with E-state index in [1.165, 1.54) is 7.11 Å². The highest BCUT2D eigenvalue weighted by molar-refractivity contribution is 6.53. The van der Waals surface area contributed by atoms with Crippen molar-refractivity contribution in [3.63, 3.8) is 0 Å². The van der Waals surface area contributed by atoms with Crippen molar-refractivity contribution in [2.45, 2.75) is 60.8 Å². The first-order valence-electron chi connectivity index (χ1n) is 7.13. The molecular weight excluding hydrogens is 290 g/mol. The van der Waals surface area contributed by atoms with Crippen LogP contribution in [-0.4, -0.2) is 33.3 Å². The maximum Gasteiger partial charge on any atom is 0.957 e. The van der Waals surface area contributed by atoms with E-state index < -0.39 is 9.05 Å². The molecule has 0 heterocycles. The fourth-order valence-electron chi connectivity index (χ4n) is 0.757. The van der Waals surface area contributed by atoms with Crippen molar-refractivity contribution in [2.75, 3.05) is 7.11 Å². The van der Waals surface area contributed by atoms with E-state index in [1.807, 2.05) is 41.5 Å². The smallest absolute Gasteiger partial charge is 0.351 e. The summed E-state index contributed by atoms with van der Waals surface area (Å²) < 4.78 is 21.4. The van der Waals surface area contributed by atoms with Crippen LogP contribution in [-0.2, 0) is 18.0 Å². The Kier molecular flexibility index (Phi) is 9.64. The summed E-state index contributed by atoms with van der Waals surface area (Å²) in [5, 5.41) is 11.9. The van der Waals surface area contributed by atoms with Crippen molar-refractivity contribution in [3.05, 3.63) is 0 Å². The van der Waals surface area contributed by atoms with Gasteiger partial charge in [0.05, 0.1) is 17.1 Å². The second-order valence-corrected chi connectivity index (χ2v) is 6.47. The normalized spacial score (nSPS) is 16.4. The number of hydrogen-bond donors (Lipinski definition) is 0. The minimum Gasteiger partial charge on any atom is -0.351 e. The van der Waals surface area contributed by atoms with E-state index in [0.717, 1.165) is 36.4 Å². The van der Waals surface area contributed by atoms with Crippen LogP contribution in [0.2, 0.25) is 0 Å². The number of oxime groups is 3. The summed E-state index contributed by atoms with van der Waals surface area (Å²) >= 11 is 0. The van der Waals surface area contributed by atoms with E-state index >= 15 is 0 Å². The van der Waals surface area contributed by atoms with Gasteiger partial charge in [-0.15, -0.1) is 15.5 Å². The summed E-state index contributed by atoms with van der Waals surface area (Å²) in [7, 11) is -2.14. The summed E-state index contributed by atoms with van der Waals surface area (Å²) in [5.41, 5.74) is 2.38. The Morgan fingerprint density at radius 3 is 1.19 bits per heavy atom. The first kappa shape index (κ1) is 19.6. The van der Waals surface area contributed by atoms with Crippen LogP contribution < -0.4 is 0 Å². The first-order valence-corrected chi connectivity index (χ1v) is 8.76. The molecule has 0 aromatic rings. The highest BCUT2D eigenvalue weighted by atomic mass is 28.4. The molecule has 8 heteroatoms. The number of hydrogen-bond acceptors (Lipinski definition) is 7. The summed E-state index contributed by atoms with van der Waals surface area (Å²) in [5.74, 6) is 0. The van der Waals surface area contributed by atoms with Crippen molar-refractivity contribution in [3.8, 4) is 0 Å². The molecule has 0 fully saturated rings. The van der Waals surface area contributed by atoms with Crippen molar-refractivity contribution < 1.29 is 18.0 Å². The average molecular weight is 317 g/mol. The maximum absolute atomic E-state index is 5.37. The second-order valence-electron chi connectivity index (χ2n) is 4.52. The Morgan fingerprint density at radius 2 is 1.00 bits per heavy atom. The van der Waals surface area contributed by atoms with Crippen molar-refractivity contribution in [1.82, 2.24) is 0 Å². The van der Waals surface area contributed by atoms with E-state index in [1.54, 1.807) is 0 Å². The molecule has 0 saturated carbocycles. The summed E-state index contributed by atoms with van der Waals surface area (Å²) in [6.07, 6.45) is 2.26. The largest absolute Gasteiger partial charge is 0.957 e. The third kappa shape index (κ3) is 7.81. The van der Waals surface area contributed by atoms with E-state index in [4.69, 9.17) is 18.0 Å². The maximum atomic E-state index is 5.37. The van der Waals surface area contributed by atoms with E-state index in [0.29, 0.717) is 0 Å². The minimum absolute atomic E-state index is 0.753. The molecule has 0 saturated heterocycles. The molecule has 0 aliphatic rings. The molecule has 21 heavy (non-hydrogen) atoms. The van der Waals surface area contributed by atoms with Crippen molar-refractivity contribution in [1.29, 1.82) is 0 Å². The van der Waals surface area contributed by atoms with Gasteiger partial charge in [0, 0.05) is 7.11 Å². The van der Waals surface area contributed by atoms with Crippen molar-refractivity contribution in [2.24, 2.45) is 15.5 Å². The standard InChI is InChI=1S/C13H27N3O4Si/c1-8-11(4)14-18-21(17-7,19-15-12(5)9-2)20-16-13(6)10-3/h8-10H2,1-7H3. The molecule has 0 aliphatic heterocycles. The SMILES string of the molecule is CCC(C)=NO[Si](OC)(ON=C(C)CC)ON=C(C)CC. The Morgan fingerprint density at radius 1 is 0.714 bits per heavy atom. The second kappa shape index (κ2) is 10.3. The van der Waals surface area contributed by atoms with Crippen molar-refractivity contribution >= 4 is 26.2 Å². The molecule has 0 unspecified atom stereocenters. The lowest BCUT2D eigenvalue weighted by molar-refractivity contribution is -0.0197. The molecule has 0 bridgehead atoms. The van der Waals surface area contributed by atoms with Gasteiger partial charge in [-0.05, 0) is 40.0 Å². The van der Waals surface area contributed by atoms with E-state index in [-0.39, 0.29) is 0 Å². The molecule has 0 aromatic carbocycles. The van der Waals surface area contributed by atoms with Gasteiger partial charge in [0.2, 0.25) is 0 Å². The van der Waals surface area contributed by atoms with Gasteiger partial charge in [-0.25, -0.2) is 0 Å². The molecule has 122 valence electrons. The van der Waals surface area contributed by atoms with Gasteiger partial charge in [-0.3, -0.25) is 0 Å². The molecule has 0 atom stereocenters. The third-order valence-corrected chi connectivity index (χ3v) is 4.17. The Labute approximate surface area is 128 Å². The summed E-state index contributed by atoms with van der Waals surface area (Å²) in [6.45, 7) is 11.4. The monoisotopic (exact) mass is 317 g/mol. The molecular formula is C13H27N3O4Si. The van der Waals surface area contributed by atoms with Crippen LogP contribution in [0.1, 0.15) is 60.8 Å². The molecule has 0 spiro atoms. The first-order chi connectivity index (χ1) is 9.92. The van der Waals surface area contributed by atoms with Gasteiger partial charge >= 0.3 is 9.05 Å². The van der Waals surface area contributed by atoms with Crippen LogP contribution in [0.15, 0.2) is 15.5 Å². The molecule has 0 aromatic heterocycles. The fraction of sp³-hybridized carbons (Fsp3) is 0.769. The molecule has 0 N–H and O–H groups in total. The predicted octanol–water partition coefficient (Wildman–Crippen LogP) is 3.48. The zero-order valence-electron chi connectivity index (χ0n) is 14.1. The van der Waals surface area contributed by atoms with Crippen LogP contribution >= 0.6 is 0 Å². The van der Waals surface area contributed by atoms with Crippen LogP contribution in [0.5, 0.6) is 0 Å². The summed E-state index contributed by atoms with van der Waals surface area (Å²) in [4.78, 5) is 0. The number of rotatable bonds is 10. The molecule has 0 aliphatic carbocycles. The van der Waals surface area contributed by atoms with Gasteiger partial charge in [-0.2, -0.15) is 0 Å². The zero-order chi connectivity index (χ0) is 16.3. The van der Waals surface area contributed by atoms with Crippen LogP contribution in [0.4, 0.5) is 0 Å². The third-order valence-electron chi connectivity index (χ3n) is 2.72. The lowest BCUT2D eigenvalue weighted by Gasteiger charge is -2.18. The van der Waals surface area contributed by atoms with Crippen LogP contribution in [0.3, 0.4) is 0 Å². The topological polar surface area (TPSA) is 74.0 Å². The Balaban J connectivity index is 5.17. The molecule has 0 radical (unpaired) electrons. The van der Waals surface area contributed by atoms with Gasteiger partial charge in [-0.1, -0.05) is 20.8 Å². The molecule has 0 amide bonds. The zero-order valence-corrected chi connectivity index (χ0v) is 15.1. The molecule has 0 rings (SSSR count). The Hall–Kier alpha value is -1.41. The molecule has 7 nitrogen and oxygen atoms in total. The predicted molar refractivity (Wildman–Crippen MR) is 86.2 cm³/mol. The summed E-state index contributed by atoms with van der Waals surface area (Å²) in [6, 6.07) is 0. The minimum atomic E-state index is -3.57. The van der Waals surface area contributed by atoms with Crippen LogP contribution in [0, 0.1) is 0 Å². The van der Waals surface area contributed by atoms with Gasteiger partial charge in [0.1, 0.15) is 0 Å². The van der Waals surface area contributed by atoms with E-state index in [9.17, 15) is 0 Å².